The summed E-state index contributed by atoms with van der Waals surface area (Å²) < 4.78 is 5.66. The third kappa shape index (κ3) is 5.07. The Morgan fingerprint density at radius 3 is 2.48 bits per heavy atom. The van der Waals surface area contributed by atoms with Gasteiger partial charge in [0, 0.05) is 24.7 Å². The van der Waals surface area contributed by atoms with Crippen molar-refractivity contribution in [2.45, 2.75) is 46.6 Å². The molecule has 3 rings (SSSR count). The first-order chi connectivity index (χ1) is 13.2. The summed E-state index contributed by atoms with van der Waals surface area (Å²) in [5.74, 6) is 0. The van der Waals surface area contributed by atoms with Crippen LogP contribution in [0.4, 0.5) is 0 Å². The SMILES string of the molecule is CCCCOc1ncc2[nH]cc(Cc3ccc(CN(CC)CC)cc3)c2n1. The van der Waals surface area contributed by atoms with Crippen molar-refractivity contribution in [1.82, 2.24) is 19.9 Å². The highest BCUT2D eigenvalue weighted by atomic mass is 16.5. The van der Waals surface area contributed by atoms with Gasteiger partial charge in [-0.3, -0.25) is 4.90 Å². The van der Waals surface area contributed by atoms with Crippen molar-refractivity contribution in [1.29, 1.82) is 0 Å². The fourth-order valence-corrected chi connectivity index (χ4v) is 3.15. The summed E-state index contributed by atoms with van der Waals surface area (Å²) in [4.78, 5) is 14.6. The van der Waals surface area contributed by atoms with E-state index in [1.807, 2.05) is 6.20 Å². The molecule has 0 radical (unpaired) electrons. The second kappa shape index (κ2) is 9.51. The van der Waals surface area contributed by atoms with Crippen LogP contribution in [0.15, 0.2) is 36.7 Å². The van der Waals surface area contributed by atoms with Gasteiger partial charge in [0.2, 0.25) is 0 Å². The molecule has 0 atom stereocenters. The lowest BCUT2D eigenvalue weighted by Gasteiger charge is -2.18. The second-order valence-electron chi connectivity index (χ2n) is 6.89. The molecule has 0 aliphatic carbocycles. The van der Waals surface area contributed by atoms with Crippen molar-refractivity contribution in [3.05, 3.63) is 53.3 Å². The molecule has 0 fully saturated rings. The van der Waals surface area contributed by atoms with Gasteiger partial charge in [-0.15, -0.1) is 0 Å². The number of rotatable bonds is 10. The highest BCUT2D eigenvalue weighted by Crippen LogP contribution is 2.21. The third-order valence-electron chi connectivity index (χ3n) is 4.92. The first-order valence-electron chi connectivity index (χ1n) is 9.99. The fourth-order valence-electron chi connectivity index (χ4n) is 3.15. The molecular weight excluding hydrogens is 336 g/mol. The predicted molar refractivity (Wildman–Crippen MR) is 110 cm³/mol. The Bertz CT molecular complexity index is 837. The van der Waals surface area contributed by atoms with Crippen molar-refractivity contribution in [3.63, 3.8) is 0 Å². The van der Waals surface area contributed by atoms with Gasteiger partial charge in [0.25, 0.3) is 0 Å². The molecule has 1 aromatic carbocycles. The smallest absolute Gasteiger partial charge is 0.317 e. The summed E-state index contributed by atoms with van der Waals surface area (Å²) >= 11 is 0. The largest absolute Gasteiger partial charge is 0.463 e. The number of nitrogens with one attached hydrogen (secondary N) is 1. The van der Waals surface area contributed by atoms with Crippen LogP contribution < -0.4 is 4.74 Å². The molecule has 0 aliphatic heterocycles. The molecule has 0 saturated carbocycles. The van der Waals surface area contributed by atoms with Crippen LogP contribution in [0.25, 0.3) is 11.0 Å². The summed E-state index contributed by atoms with van der Waals surface area (Å²) in [6.45, 7) is 10.4. The maximum Gasteiger partial charge on any atom is 0.317 e. The van der Waals surface area contributed by atoms with E-state index in [1.54, 1.807) is 6.20 Å². The van der Waals surface area contributed by atoms with Gasteiger partial charge in [0.15, 0.2) is 0 Å². The van der Waals surface area contributed by atoms with Crippen LogP contribution >= 0.6 is 0 Å². The van der Waals surface area contributed by atoms with Gasteiger partial charge >= 0.3 is 6.01 Å². The zero-order chi connectivity index (χ0) is 19.1. The Morgan fingerprint density at radius 1 is 1.04 bits per heavy atom. The highest BCUT2D eigenvalue weighted by molar-refractivity contribution is 5.78. The minimum atomic E-state index is 0.464. The molecule has 0 unspecified atom stereocenters. The van der Waals surface area contributed by atoms with E-state index in [4.69, 9.17) is 4.74 Å². The van der Waals surface area contributed by atoms with E-state index >= 15 is 0 Å². The van der Waals surface area contributed by atoms with Crippen LogP contribution in [-0.4, -0.2) is 39.5 Å². The number of hydrogen-bond acceptors (Lipinski definition) is 4. The third-order valence-corrected chi connectivity index (χ3v) is 4.92. The van der Waals surface area contributed by atoms with E-state index in [2.05, 4.69) is 64.9 Å². The number of hydrogen-bond donors (Lipinski definition) is 1. The maximum atomic E-state index is 5.66. The van der Waals surface area contributed by atoms with Crippen molar-refractivity contribution >= 4 is 11.0 Å². The number of ether oxygens (including phenoxy) is 1. The van der Waals surface area contributed by atoms with E-state index in [9.17, 15) is 0 Å². The monoisotopic (exact) mass is 366 g/mol. The summed E-state index contributed by atoms with van der Waals surface area (Å²) in [6.07, 6.45) is 6.79. The van der Waals surface area contributed by atoms with Crippen molar-refractivity contribution in [2.24, 2.45) is 0 Å². The molecule has 0 saturated heterocycles. The number of fused-ring (bicyclic) bond motifs is 1. The Balaban J connectivity index is 1.71. The number of unbranched alkanes of at least 4 members (excludes halogenated alkanes) is 1. The molecule has 0 bridgehead atoms. The van der Waals surface area contributed by atoms with E-state index in [1.165, 1.54) is 16.7 Å². The van der Waals surface area contributed by atoms with Gasteiger partial charge in [-0.2, -0.15) is 4.98 Å². The van der Waals surface area contributed by atoms with Crippen LogP contribution in [0.5, 0.6) is 6.01 Å². The Hall–Kier alpha value is -2.40. The quantitative estimate of drug-likeness (QED) is 0.534. The van der Waals surface area contributed by atoms with Gasteiger partial charge in [-0.1, -0.05) is 51.5 Å². The second-order valence-corrected chi connectivity index (χ2v) is 6.89. The van der Waals surface area contributed by atoms with Gasteiger partial charge in [-0.25, -0.2) is 4.98 Å². The first kappa shape index (κ1) is 19.4. The summed E-state index contributed by atoms with van der Waals surface area (Å²) in [6, 6.07) is 9.37. The van der Waals surface area contributed by atoms with Crippen LogP contribution in [0, 0.1) is 0 Å². The standard InChI is InChI=1S/C22H30N4O/c1-4-7-12-27-22-24-15-20-21(25-22)19(14-23-20)13-17-8-10-18(11-9-17)16-26(5-2)6-3/h8-11,14-15,23H,4-7,12-13,16H2,1-3H3. The highest BCUT2D eigenvalue weighted by Gasteiger charge is 2.09. The van der Waals surface area contributed by atoms with E-state index in [0.717, 1.165) is 49.9 Å². The van der Waals surface area contributed by atoms with Gasteiger partial charge in [0.1, 0.15) is 0 Å². The average Bonchev–Trinajstić information content (AvgIpc) is 3.10. The normalized spacial score (nSPS) is 11.4. The Morgan fingerprint density at radius 2 is 1.78 bits per heavy atom. The molecule has 3 aromatic rings. The summed E-state index contributed by atoms with van der Waals surface area (Å²) in [5.41, 5.74) is 5.71. The minimum absolute atomic E-state index is 0.464. The van der Waals surface area contributed by atoms with Crippen molar-refractivity contribution in [3.8, 4) is 6.01 Å². The Labute approximate surface area is 161 Å². The lowest BCUT2D eigenvalue weighted by Crippen LogP contribution is -2.21. The molecule has 2 heterocycles. The number of H-pyrrole nitrogens is 1. The van der Waals surface area contributed by atoms with Gasteiger partial charge < -0.3 is 9.72 Å². The summed E-state index contributed by atoms with van der Waals surface area (Å²) in [7, 11) is 0. The van der Waals surface area contributed by atoms with E-state index in [-0.39, 0.29) is 0 Å². The van der Waals surface area contributed by atoms with Gasteiger partial charge in [0.05, 0.1) is 23.8 Å². The summed E-state index contributed by atoms with van der Waals surface area (Å²) in [5, 5.41) is 0. The molecule has 0 amide bonds. The molecule has 0 spiro atoms. The van der Waals surface area contributed by atoms with Crippen LogP contribution in [0.2, 0.25) is 0 Å². The number of aromatic nitrogens is 3. The number of aromatic amines is 1. The average molecular weight is 367 g/mol. The Kier molecular flexibility index (Phi) is 6.82. The maximum absolute atomic E-state index is 5.66. The minimum Gasteiger partial charge on any atom is -0.463 e. The molecule has 144 valence electrons. The van der Waals surface area contributed by atoms with Gasteiger partial charge in [-0.05, 0) is 30.6 Å². The van der Waals surface area contributed by atoms with Crippen molar-refractivity contribution < 1.29 is 4.74 Å². The molecule has 5 heteroatoms. The van der Waals surface area contributed by atoms with Crippen molar-refractivity contribution in [2.75, 3.05) is 19.7 Å². The van der Waals surface area contributed by atoms with Crippen LogP contribution in [0.1, 0.15) is 50.3 Å². The first-order valence-corrected chi connectivity index (χ1v) is 9.99. The molecule has 2 aromatic heterocycles. The van der Waals surface area contributed by atoms with E-state index in [0.29, 0.717) is 12.6 Å². The van der Waals surface area contributed by atoms with Crippen LogP contribution in [-0.2, 0) is 13.0 Å². The fraction of sp³-hybridized carbons (Fsp3) is 0.455. The molecule has 0 aliphatic rings. The lowest BCUT2D eigenvalue weighted by atomic mass is 10.0. The zero-order valence-electron chi connectivity index (χ0n) is 16.7. The molecular formula is C22H30N4O. The molecule has 1 N–H and O–H groups in total. The zero-order valence-corrected chi connectivity index (χ0v) is 16.7. The van der Waals surface area contributed by atoms with Crippen LogP contribution in [0.3, 0.4) is 0 Å². The molecule has 5 nitrogen and oxygen atoms in total. The predicted octanol–water partition coefficient (Wildman–Crippen LogP) is 4.57. The van der Waals surface area contributed by atoms with E-state index < -0.39 is 0 Å². The molecule has 27 heavy (non-hydrogen) atoms. The number of benzene rings is 1. The lowest BCUT2D eigenvalue weighted by molar-refractivity contribution is 0.286. The number of nitrogens with zero attached hydrogens (tertiary/aromatic N) is 3. The topological polar surface area (TPSA) is 54.0 Å².